The molecule has 1 saturated heterocycles. The van der Waals surface area contributed by atoms with E-state index >= 15 is 0 Å². The minimum Gasteiger partial charge on any atom is -0.373 e. The fourth-order valence-electron chi connectivity index (χ4n) is 3.21. The predicted molar refractivity (Wildman–Crippen MR) is 96.6 cm³/mol. The first-order valence-corrected chi connectivity index (χ1v) is 8.21. The summed E-state index contributed by atoms with van der Waals surface area (Å²) < 4.78 is 0. The minimum absolute atomic E-state index is 0.137. The second-order valence-electron chi connectivity index (χ2n) is 6.22. The van der Waals surface area contributed by atoms with Gasteiger partial charge in [0.2, 0.25) is 5.91 Å². The van der Waals surface area contributed by atoms with Crippen LogP contribution in [0.4, 0.5) is 11.4 Å². The van der Waals surface area contributed by atoms with Crippen molar-refractivity contribution in [2.75, 3.05) is 10.2 Å². The molecule has 1 fully saturated rings. The molecule has 0 bridgehead atoms. The van der Waals surface area contributed by atoms with Crippen LogP contribution in [0.3, 0.4) is 0 Å². The van der Waals surface area contributed by atoms with Gasteiger partial charge in [0.1, 0.15) is 6.04 Å². The molecule has 0 unspecified atom stereocenters. The Bertz CT molecular complexity index is 809. The molecule has 0 radical (unpaired) electrons. The first-order valence-electron chi connectivity index (χ1n) is 7.83. The topological polar surface area (TPSA) is 49.4 Å². The van der Waals surface area contributed by atoms with Gasteiger partial charge < -0.3 is 5.32 Å². The number of anilines is 2. The van der Waals surface area contributed by atoms with Crippen LogP contribution in [-0.2, 0) is 9.59 Å². The lowest BCUT2D eigenvalue weighted by Crippen LogP contribution is -2.35. The van der Waals surface area contributed by atoms with Crippen molar-refractivity contribution < 1.29 is 9.59 Å². The third-order valence-electron chi connectivity index (χ3n) is 4.21. The van der Waals surface area contributed by atoms with Gasteiger partial charge in [-0.2, -0.15) is 0 Å². The molecule has 0 aromatic heterocycles. The highest BCUT2D eigenvalue weighted by Gasteiger charge is 2.39. The maximum absolute atomic E-state index is 12.7. The summed E-state index contributed by atoms with van der Waals surface area (Å²) in [4.78, 5) is 26.3. The SMILES string of the molecule is Cc1cc(C)c(N[C@@H]2CC(=O)N(c3cccc(Cl)c3)C2=O)c(C)c1. The number of hydrogen-bond donors (Lipinski definition) is 1. The van der Waals surface area contributed by atoms with Crippen molar-refractivity contribution in [3.8, 4) is 0 Å². The number of benzene rings is 2. The van der Waals surface area contributed by atoms with E-state index in [1.54, 1.807) is 24.3 Å². The minimum atomic E-state index is -0.559. The molecule has 2 aromatic rings. The van der Waals surface area contributed by atoms with Crippen LogP contribution < -0.4 is 10.2 Å². The molecule has 1 atom stereocenters. The zero-order valence-corrected chi connectivity index (χ0v) is 14.6. The average molecular weight is 343 g/mol. The van der Waals surface area contributed by atoms with Gasteiger partial charge in [-0.25, -0.2) is 4.90 Å². The van der Waals surface area contributed by atoms with E-state index in [0.717, 1.165) is 16.8 Å². The van der Waals surface area contributed by atoms with Crippen molar-refractivity contribution in [2.24, 2.45) is 0 Å². The zero-order valence-electron chi connectivity index (χ0n) is 13.9. The Morgan fingerprint density at radius 3 is 2.38 bits per heavy atom. The molecular weight excluding hydrogens is 324 g/mol. The summed E-state index contributed by atoms with van der Waals surface area (Å²) in [7, 11) is 0. The Kier molecular flexibility index (Phi) is 4.33. The first kappa shape index (κ1) is 16.5. The molecule has 4 nitrogen and oxygen atoms in total. The Morgan fingerprint density at radius 1 is 1.08 bits per heavy atom. The molecule has 124 valence electrons. The van der Waals surface area contributed by atoms with Crippen LogP contribution in [-0.4, -0.2) is 17.9 Å². The zero-order chi connectivity index (χ0) is 17.4. The maximum Gasteiger partial charge on any atom is 0.256 e. The second kappa shape index (κ2) is 6.29. The third kappa shape index (κ3) is 3.02. The van der Waals surface area contributed by atoms with Gasteiger partial charge in [0.15, 0.2) is 0 Å². The van der Waals surface area contributed by atoms with Gasteiger partial charge in [0.05, 0.1) is 12.1 Å². The number of carbonyl (C=O) groups is 2. The lowest BCUT2D eigenvalue weighted by Gasteiger charge is -2.19. The summed E-state index contributed by atoms with van der Waals surface area (Å²) in [5.74, 6) is -0.469. The molecule has 1 heterocycles. The van der Waals surface area contributed by atoms with Crippen molar-refractivity contribution >= 4 is 34.8 Å². The van der Waals surface area contributed by atoms with Gasteiger partial charge in [0.25, 0.3) is 5.91 Å². The van der Waals surface area contributed by atoms with Crippen LogP contribution in [0.25, 0.3) is 0 Å². The summed E-state index contributed by atoms with van der Waals surface area (Å²) in [5.41, 5.74) is 4.73. The molecule has 2 amide bonds. The van der Waals surface area contributed by atoms with Crippen LogP contribution in [0.5, 0.6) is 0 Å². The van der Waals surface area contributed by atoms with Gasteiger partial charge >= 0.3 is 0 Å². The molecule has 1 aliphatic rings. The molecular formula is C19H19ClN2O2. The fraction of sp³-hybridized carbons (Fsp3) is 0.263. The Hall–Kier alpha value is -2.33. The maximum atomic E-state index is 12.7. The van der Waals surface area contributed by atoms with Crippen LogP contribution in [0.1, 0.15) is 23.1 Å². The van der Waals surface area contributed by atoms with E-state index in [1.165, 1.54) is 10.5 Å². The number of halogens is 1. The average Bonchev–Trinajstić information content (AvgIpc) is 2.77. The Balaban J connectivity index is 1.87. The molecule has 24 heavy (non-hydrogen) atoms. The van der Waals surface area contributed by atoms with Gasteiger partial charge in [0, 0.05) is 10.7 Å². The highest BCUT2D eigenvalue weighted by molar-refractivity contribution is 6.31. The normalized spacial score (nSPS) is 17.5. The standard InChI is InChI=1S/C19H19ClN2O2/c1-11-7-12(2)18(13(3)8-11)21-16-10-17(23)22(19(16)24)15-6-4-5-14(20)9-15/h4-9,16,21H,10H2,1-3H3/t16-/m1/s1. The molecule has 0 saturated carbocycles. The molecule has 3 rings (SSSR count). The third-order valence-corrected chi connectivity index (χ3v) is 4.44. The van der Waals surface area contributed by atoms with Gasteiger partial charge in [-0.1, -0.05) is 35.4 Å². The van der Waals surface area contributed by atoms with Crippen molar-refractivity contribution in [3.63, 3.8) is 0 Å². The number of amides is 2. The monoisotopic (exact) mass is 342 g/mol. The Labute approximate surface area is 146 Å². The van der Waals surface area contributed by atoms with E-state index in [9.17, 15) is 9.59 Å². The highest BCUT2D eigenvalue weighted by atomic mass is 35.5. The van der Waals surface area contributed by atoms with E-state index in [4.69, 9.17) is 11.6 Å². The predicted octanol–water partition coefficient (Wildman–Crippen LogP) is 4.01. The van der Waals surface area contributed by atoms with E-state index in [-0.39, 0.29) is 18.2 Å². The van der Waals surface area contributed by atoms with Crippen LogP contribution in [0.15, 0.2) is 36.4 Å². The molecule has 0 aliphatic carbocycles. The van der Waals surface area contributed by atoms with Gasteiger partial charge in [-0.3, -0.25) is 9.59 Å². The number of nitrogens with one attached hydrogen (secondary N) is 1. The van der Waals surface area contributed by atoms with E-state index in [0.29, 0.717) is 10.7 Å². The largest absolute Gasteiger partial charge is 0.373 e. The number of carbonyl (C=O) groups excluding carboxylic acids is 2. The smallest absolute Gasteiger partial charge is 0.256 e. The van der Waals surface area contributed by atoms with Gasteiger partial charge in [-0.05, 0) is 50.1 Å². The number of hydrogen-bond acceptors (Lipinski definition) is 3. The molecule has 1 N–H and O–H groups in total. The highest BCUT2D eigenvalue weighted by Crippen LogP contribution is 2.29. The number of nitrogens with zero attached hydrogens (tertiary/aromatic N) is 1. The lowest BCUT2D eigenvalue weighted by atomic mass is 10.0. The summed E-state index contributed by atoms with van der Waals surface area (Å²) in [5, 5.41) is 3.75. The Morgan fingerprint density at radius 2 is 1.75 bits per heavy atom. The summed E-state index contributed by atoms with van der Waals surface area (Å²) in [6.07, 6.45) is 0.137. The fourth-order valence-corrected chi connectivity index (χ4v) is 3.40. The van der Waals surface area contributed by atoms with Crippen molar-refractivity contribution in [2.45, 2.75) is 33.2 Å². The molecule has 5 heteroatoms. The molecule has 2 aromatic carbocycles. The van der Waals surface area contributed by atoms with E-state index < -0.39 is 6.04 Å². The van der Waals surface area contributed by atoms with Crippen LogP contribution >= 0.6 is 11.6 Å². The van der Waals surface area contributed by atoms with E-state index in [1.807, 2.05) is 20.8 Å². The van der Waals surface area contributed by atoms with Crippen molar-refractivity contribution in [3.05, 3.63) is 58.1 Å². The quantitative estimate of drug-likeness (QED) is 0.857. The second-order valence-corrected chi connectivity index (χ2v) is 6.66. The first-order chi connectivity index (χ1) is 11.4. The number of aryl methyl sites for hydroxylation is 3. The van der Waals surface area contributed by atoms with Crippen LogP contribution in [0, 0.1) is 20.8 Å². The molecule has 0 spiro atoms. The van der Waals surface area contributed by atoms with Crippen LogP contribution in [0.2, 0.25) is 5.02 Å². The van der Waals surface area contributed by atoms with Gasteiger partial charge in [-0.15, -0.1) is 0 Å². The number of rotatable bonds is 3. The van der Waals surface area contributed by atoms with E-state index in [2.05, 4.69) is 17.4 Å². The summed E-state index contributed by atoms with van der Waals surface area (Å²) >= 11 is 5.98. The van der Waals surface area contributed by atoms with Crippen molar-refractivity contribution in [1.29, 1.82) is 0 Å². The van der Waals surface area contributed by atoms with Crippen molar-refractivity contribution in [1.82, 2.24) is 0 Å². The molecule has 1 aliphatic heterocycles. The summed E-state index contributed by atoms with van der Waals surface area (Å²) in [6, 6.07) is 10.3. The number of imide groups is 1. The lowest BCUT2D eigenvalue weighted by molar-refractivity contribution is -0.121. The summed E-state index contributed by atoms with van der Waals surface area (Å²) in [6.45, 7) is 6.03.